The summed E-state index contributed by atoms with van der Waals surface area (Å²) in [6.07, 6.45) is 0. The van der Waals surface area contributed by atoms with E-state index in [1.165, 1.54) is 5.19 Å². The Balaban J connectivity index is 3.70. The Morgan fingerprint density at radius 1 is 1.00 bits per heavy atom. The molecule has 0 aliphatic rings. The van der Waals surface area contributed by atoms with Crippen LogP contribution < -0.4 is 5.19 Å². The molecule has 0 spiro atoms. The van der Waals surface area contributed by atoms with E-state index in [1.54, 1.807) is 0 Å². The third kappa shape index (κ3) is 4.19. The van der Waals surface area contributed by atoms with Gasteiger partial charge in [0, 0.05) is 0 Å². The molecule has 0 aliphatic carbocycles. The van der Waals surface area contributed by atoms with Crippen molar-refractivity contribution in [3.63, 3.8) is 0 Å². The summed E-state index contributed by atoms with van der Waals surface area (Å²) < 4.78 is 5.30. The Hall–Kier alpha value is -1.09. The Morgan fingerprint density at radius 2 is 1.48 bits per heavy atom. The molecule has 142 valence electrons. The zero-order chi connectivity index (χ0) is 19.6. The SMILES string of the molecule is CCOC(=O)c1ccc([Si](C(C)C)(C(C)C)C(C)C)cc1C(C)(C)C. The number of hydrogen-bond acceptors (Lipinski definition) is 2. The smallest absolute Gasteiger partial charge is 0.338 e. The molecule has 25 heavy (non-hydrogen) atoms. The van der Waals surface area contributed by atoms with Gasteiger partial charge in [0.05, 0.1) is 20.2 Å². The van der Waals surface area contributed by atoms with Crippen LogP contribution in [0.5, 0.6) is 0 Å². The summed E-state index contributed by atoms with van der Waals surface area (Å²) in [6.45, 7) is 23.1. The molecule has 0 atom stereocenters. The van der Waals surface area contributed by atoms with Crippen LogP contribution in [0.3, 0.4) is 0 Å². The lowest BCUT2D eigenvalue weighted by Crippen LogP contribution is -2.55. The minimum atomic E-state index is -1.74. The van der Waals surface area contributed by atoms with Crippen LogP contribution >= 0.6 is 0 Å². The second kappa shape index (κ2) is 8.07. The van der Waals surface area contributed by atoms with E-state index < -0.39 is 8.07 Å². The van der Waals surface area contributed by atoms with Crippen LogP contribution in [0.2, 0.25) is 16.6 Å². The van der Waals surface area contributed by atoms with Crippen molar-refractivity contribution in [2.24, 2.45) is 0 Å². The number of carbonyl (C=O) groups excluding carboxylic acids is 1. The first-order valence-electron chi connectivity index (χ1n) is 9.72. The Bertz CT molecular complexity index is 573. The van der Waals surface area contributed by atoms with Crippen LogP contribution in [0.25, 0.3) is 0 Å². The average molecular weight is 363 g/mol. The van der Waals surface area contributed by atoms with Crippen LogP contribution in [-0.4, -0.2) is 20.7 Å². The van der Waals surface area contributed by atoms with Gasteiger partial charge in [0.15, 0.2) is 0 Å². The van der Waals surface area contributed by atoms with Gasteiger partial charge in [-0.05, 0) is 40.6 Å². The largest absolute Gasteiger partial charge is 0.462 e. The molecule has 3 heteroatoms. The highest BCUT2D eigenvalue weighted by Crippen LogP contribution is 2.41. The molecule has 0 radical (unpaired) electrons. The van der Waals surface area contributed by atoms with E-state index in [0.29, 0.717) is 23.2 Å². The zero-order valence-corrected chi connectivity index (χ0v) is 19.0. The van der Waals surface area contributed by atoms with Crippen molar-refractivity contribution in [1.82, 2.24) is 0 Å². The molecule has 1 aromatic carbocycles. The van der Waals surface area contributed by atoms with Gasteiger partial charge in [-0.25, -0.2) is 4.79 Å². The van der Waals surface area contributed by atoms with Crippen molar-refractivity contribution in [2.45, 2.75) is 91.3 Å². The molecule has 0 N–H and O–H groups in total. The summed E-state index contributed by atoms with van der Waals surface area (Å²) >= 11 is 0. The van der Waals surface area contributed by atoms with Gasteiger partial charge in [0.2, 0.25) is 0 Å². The minimum absolute atomic E-state index is 0.0941. The predicted octanol–water partition coefficient (Wildman–Crippen LogP) is 6.05. The molecule has 0 aromatic heterocycles. The lowest BCUT2D eigenvalue weighted by Gasteiger charge is -2.44. The van der Waals surface area contributed by atoms with Crippen LogP contribution in [0.4, 0.5) is 0 Å². The molecule has 0 heterocycles. The maximum atomic E-state index is 12.5. The summed E-state index contributed by atoms with van der Waals surface area (Å²) in [7, 11) is -1.74. The Labute approximate surface area is 156 Å². The van der Waals surface area contributed by atoms with E-state index in [-0.39, 0.29) is 11.4 Å². The van der Waals surface area contributed by atoms with E-state index in [9.17, 15) is 4.79 Å². The Morgan fingerprint density at radius 3 is 1.84 bits per heavy atom. The molecular formula is C22H38O2Si. The van der Waals surface area contributed by atoms with E-state index in [0.717, 1.165) is 11.1 Å². The van der Waals surface area contributed by atoms with Crippen molar-refractivity contribution in [3.8, 4) is 0 Å². The van der Waals surface area contributed by atoms with Gasteiger partial charge in [0.25, 0.3) is 0 Å². The summed E-state index contributed by atoms with van der Waals surface area (Å²) in [5.74, 6) is -0.204. The molecular weight excluding hydrogens is 324 g/mol. The molecule has 0 aliphatic heterocycles. The number of carbonyl (C=O) groups is 1. The van der Waals surface area contributed by atoms with E-state index in [2.05, 4.69) is 74.4 Å². The summed E-state index contributed by atoms with van der Waals surface area (Å²) in [6, 6.07) is 6.56. The van der Waals surface area contributed by atoms with Crippen LogP contribution in [-0.2, 0) is 10.2 Å². The summed E-state index contributed by atoms with van der Waals surface area (Å²) in [5.41, 5.74) is 3.68. The predicted molar refractivity (Wildman–Crippen MR) is 112 cm³/mol. The van der Waals surface area contributed by atoms with Crippen LogP contribution in [0, 0.1) is 0 Å². The monoisotopic (exact) mass is 362 g/mol. The fourth-order valence-electron chi connectivity index (χ4n) is 4.82. The van der Waals surface area contributed by atoms with Gasteiger partial charge in [-0.15, -0.1) is 0 Å². The number of ether oxygens (including phenoxy) is 1. The van der Waals surface area contributed by atoms with Crippen molar-refractivity contribution < 1.29 is 9.53 Å². The third-order valence-electron chi connectivity index (χ3n) is 5.69. The zero-order valence-electron chi connectivity index (χ0n) is 18.0. The molecule has 0 saturated heterocycles. The second-order valence-corrected chi connectivity index (χ2v) is 15.0. The molecule has 0 bridgehead atoms. The van der Waals surface area contributed by atoms with Gasteiger partial charge in [0.1, 0.15) is 0 Å². The lowest BCUT2D eigenvalue weighted by molar-refractivity contribution is 0.0523. The van der Waals surface area contributed by atoms with Crippen molar-refractivity contribution in [3.05, 3.63) is 29.3 Å². The van der Waals surface area contributed by atoms with Gasteiger partial charge in [-0.2, -0.15) is 0 Å². The van der Waals surface area contributed by atoms with E-state index in [1.807, 2.05) is 13.0 Å². The fourth-order valence-corrected chi connectivity index (χ4v) is 11.6. The van der Waals surface area contributed by atoms with E-state index >= 15 is 0 Å². The third-order valence-corrected chi connectivity index (χ3v) is 12.7. The van der Waals surface area contributed by atoms with Gasteiger partial charge < -0.3 is 4.74 Å². The van der Waals surface area contributed by atoms with Gasteiger partial charge in [-0.3, -0.25) is 0 Å². The van der Waals surface area contributed by atoms with E-state index in [4.69, 9.17) is 4.74 Å². The number of esters is 1. The van der Waals surface area contributed by atoms with Crippen molar-refractivity contribution >= 4 is 19.2 Å². The highest BCUT2D eigenvalue weighted by molar-refractivity contribution is 6.95. The van der Waals surface area contributed by atoms with Crippen molar-refractivity contribution in [1.29, 1.82) is 0 Å². The molecule has 2 nitrogen and oxygen atoms in total. The normalized spacial score (nSPS) is 13.0. The molecule has 1 rings (SSSR count). The number of rotatable bonds is 6. The number of benzene rings is 1. The summed E-state index contributed by atoms with van der Waals surface area (Å²) in [4.78, 5) is 12.5. The maximum Gasteiger partial charge on any atom is 0.338 e. The molecule has 0 saturated carbocycles. The first kappa shape index (κ1) is 21.9. The van der Waals surface area contributed by atoms with Crippen LogP contribution in [0.15, 0.2) is 18.2 Å². The highest BCUT2D eigenvalue weighted by atomic mass is 28.3. The van der Waals surface area contributed by atoms with Gasteiger partial charge >= 0.3 is 5.97 Å². The number of hydrogen-bond donors (Lipinski definition) is 0. The first-order chi connectivity index (χ1) is 11.4. The first-order valence-corrected chi connectivity index (χ1v) is 12.0. The quantitative estimate of drug-likeness (QED) is 0.455. The molecule has 1 aromatic rings. The van der Waals surface area contributed by atoms with Crippen molar-refractivity contribution in [2.75, 3.05) is 6.61 Å². The van der Waals surface area contributed by atoms with Gasteiger partial charge in [-0.1, -0.05) is 79.6 Å². The molecule has 0 fully saturated rings. The average Bonchev–Trinajstić information content (AvgIpc) is 2.45. The van der Waals surface area contributed by atoms with Crippen LogP contribution in [0.1, 0.15) is 85.2 Å². The summed E-state index contributed by atoms with van der Waals surface area (Å²) in [5, 5.41) is 1.48. The molecule has 0 amide bonds. The Kier molecular flexibility index (Phi) is 7.09. The second-order valence-electron chi connectivity index (χ2n) is 9.13. The molecule has 0 unspecified atom stereocenters. The topological polar surface area (TPSA) is 26.3 Å². The fraction of sp³-hybridized carbons (Fsp3) is 0.682. The lowest BCUT2D eigenvalue weighted by atomic mass is 9.84. The standard InChI is InChI=1S/C22H38O2Si/c1-11-24-21(23)19-13-12-18(14-20(19)22(8,9)10)25(15(2)3,16(4)5)17(6)7/h12-17H,11H2,1-10H3. The highest BCUT2D eigenvalue weighted by Gasteiger charge is 2.44. The minimum Gasteiger partial charge on any atom is -0.462 e. The maximum absolute atomic E-state index is 12.5.